The lowest BCUT2D eigenvalue weighted by atomic mass is 10.0. The maximum Gasteiger partial charge on any atom is 0.524 e. The number of nitrogens with one attached hydrogen (secondary N) is 2. The molecule has 35 heavy (non-hydrogen) atoms. The molecule has 0 fully saturated rings. The first-order valence-corrected chi connectivity index (χ1v) is 12.2. The van der Waals surface area contributed by atoms with Crippen LogP contribution >= 0.6 is 7.82 Å². The van der Waals surface area contributed by atoms with Crippen molar-refractivity contribution in [3.63, 3.8) is 0 Å². The van der Waals surface area contributed by atoms with Crippen LogP contribution in [0.2, 0.25) is 0 Å². The third-order valence-corrected chi connectivity index (χ3v) is 5.28. The lowest BCUT2D eigenvalue weighted by molar-refractivity contribution is -0.384. The van der Waals surface area contributed by atoms with Gasteiger partial charge >= 0.3 is 7.82 Å². The molecule has 2 aromatic carbocycles. The van der Waals surface area contributed by atoms with E-state index >= 15 is 0 Å². The second-order valence-corrected chi connectivity index (χ2v) is 9.58. The Morgan fingerprint density at radius 3 is 2.29 bits per heavy atom. The number of hydrogen-bond donors (Lipinski definition) is 4. The lowest BCUT2D eigenvalue weighted by Gasteiger charge is -2.22. The Balaban J connectivity index is 2.27. The molecule has 11 nitrogen and oxygen atoms in total. The summed E-state index contributed by atoms with van der Waals surface area (Å²) in [6.07, 6.45) is 0.610. The molecule has 2 atom stereocenters. The molecule has 2 amide bonds. The Morgan fingerprint density at radius 2 is 1.74 bits per heavy atom. The Morgan fingerprint density at radius 1 is 1.11 bits per heavy atom. The van der Waals surface area contributed by atoms with Gasteiger partial charge in [-0.1, -0.05) is 26.0 Å². The van der Waals surface area contributed by atoms with Crippen molar-refractivity contribution < 1.29 is 37.8 Å². The second-order valence-electron chi connectivity index (χ2n) is 8.42. The van der Waals surface area contributed by atoms with E-state index < -0.39 is 47.7 Å². The van der Waals surface area contributed by atoms with Gasteiger partial charge < -0.3 is 15.2 Å². The molecule has 0 bridgehead atoms. The Kier molecular flexibility index (Phi) is 9.47. The Bertz CT molecular complexity index is 1120. The normalized spacial score (nSPS) is 13.1. The first-order valence-electron chi connectivity index (χ1n) is 10.6. The van der Waals surface area contributed by atoms with Gasteiger partial charge in [-0.25, -0.2) is 8.96 Å². The number of carbonyl (C=O) groups is 2. The van der Waals surface area contributed by atoms with Gasteiger partial charge in [-0.3, -0.25) is 29.5 Å². The molecule has 0 aromatic heterocycles. The van der Waals surface area contributed by atoms with Crippen molar-refractivity contribution in [2.75, 3.05) is 0 Å². The molecule has 0 radical (unpaired) electrons. The van der Waals surface area contributed by atoms with Crippen molar-refractivity contribution in [3.8, 4) is 5.75 Å². The minimum absolute atomic E-state index is 0.0568. The molecule has 0 aliphatic heterocycles. The maximum atomic E-state index is 14.2. The quantitative estimate of drug-likeness (QED) is 0.203. The minimum Gasteiger partial charge on any atom is -0.404 e. The third kappa shape index (κ3) is 9.08. The van der Waals surface area contributed by atoms with Crippen LogP contribution in [0.4, 0.5) is 10.1 Å². The monoisotopic (exact) mass is 511 g/mol. The summed E-state index contributed by atoms with van der Waals surface area (Å²) in [4.78, 5) is 53.8. The fraction of sp³-hybridized carbons (Fsp3) is 0.364. The summed E-state index contributed by atoms with van der Waals surface area (Å²) in [5.74, 6) is -2.35. The van der Waals surface area contributed by atoms with Gasteiger partial charge in [-0.2, -0.15) is 0 Å². The van der Waals surface area contributed by atoms with Crippen molar-refractivity contribution in [1.82, 2.24) is 10.6 Å². The summed E-state index contributed by atoms with van der Waals surface area (Å²) >= 11 is 0. The van der Waals surface area contributed by atoms with Gasteiger partial charge in [0.25, 0.3) is 11.6 Å². The SMILES string of the molecule is CC(C)CC(C)NC(=O)C(Cc1ccc(OP(=O)(O)O)cc1)NC(=O)c1cc([N+](=O)[O-])ccc1F. The van der Waals surface area contributed by atoms with E-state index in [1.165, 1.54) is 24.3 Å². The van der Waals surface area contributed by atoms with Crippen molar-refractivity contribution in [1.29, 1.82) is 0 Å². The average molecular weight is 511 g/mol. The van der Waals surface area contributed by atoms with E-state index in [9.17, 15) is 28.7 Å². The molecule has 0 aliphatic rings. The zero-order valence-corrected chi connectivity index (χ0v) is 20.2. The summed E-state index contributed by atoms with van der Waals surface area (Å²) in [6, 6.07) is 6.57. The van der Waals surface area contributed by atoms with Crippen LogP contribution < -0.4 is 15.2 Å². The highest BCUT2D eigenvalue weighted by atomic mass is 31.2. The molecule has 0 saturated carbocycles. The molecule has 4 N–H and O–H groups in total. The minimum atomic E-state index is -4.75. The zero-order valence-electron chi connectivity index (χ0n) is 19.3. The number of rotatable bonds is 11. The summed E-state index contributed by atoms with van der Waals surface area (Å²) in [6.45, 7) is 5.76. The fourth-order valence-electron chi connectivity index (χ4n) is 3.41. The number of phosphoric acid groups is 1. The van der Waals surface area contributed by atoms with Crippen LogP contribution in [0.1, 0.15) is 43.1 Å². The number of phosphoric ester groups is 1. The largest absolute Gasteiger partial charge is 0.524 e. The predicted octanol–water partition coefficient (Wildman–Crippen LogP) is 3.10. The summed E-state index contributed by atoms with van der Waals surface area (Å²) in [7, 11) is -4.75. The van der Waals surface area contributed by atoms with Crippen LogP contribution in [0.3, 0.4) is 0 Å². The molecule has 2 aromatic rings. The summed E-state index contributed by atoms with van der Waals surface area (Å²) in [5, 5.41) is 16.2. The van der Waals surface area contributed by atoms with Crippen LogP contribution in [-0.4, -0.2) is 38.6 Å². The van der Waals surface area contributed by atoms with Crippen molar-refractivity contribution in [2.45, 2.75) is 45.7 Å². The number of halogens is 1. The summed E-state index contributed by atoms with van der Waals surface area (Å²) in [5.41, 5.74) is -0.569. The number of benzene rings is 2. The Hall–Kier alpha value is -3.34. The number of amides is 2. The van der Waals surface area contributed by atoms with E-state index in [0.717, 1.165) is 18.2 Å². The molecule has 2 rings (SSSR count). The molecule has 0 spiro atoms. The smallest absolute Gasteiger partial charge is 0.404 e. The molecule has 0 aliphatic carbocycles. The highest BCUT2D eigenvalue weighted by molar-refractivity contribution is 7.46. The van der Waals surface area contributed by atoms with Crippen molar-refractivity contribution >= 4 is 25.3 Å². The van der Waals surface area contributed by atoms with Crippen LogP contribution in [0.15, 0.2) is 42.5 Å². The van der Waals surface area contributed by atoms with Crippen LogP contribution in [0, 0.1) is 21.8 Å². The van der Waals surface area contributed by atoms with Crippen LogP contribution in [-0.2, 0) is 15.8 Å². The van der Waals surface area contributed by atoms with E-state index in [-0.39, 0.29) is 18.2 Å². The summed E-state index contributed by atoms with van der Waals surface area (Å²) < 4.78 is 29.7. The molecule has 0 saturated heterocycles. The second kappa shape index (κ2) is 11.9. The number of nitro groups is 1. The van der Waals surface area contributed by atoms with E-state index in [1.54, 1.807) is 6.92 Å². The van der Waals surface area contributed by atoms with E-state index in [4.69, 9.17) is 9.79 Å². The van der Waals surface area contributed by atoms with E-state index in [0.29, 0.717) is 17.9 Å². The molecule has 0 heterocycles. The predicted molar refractivity (Wildman–Crippen MR) is 124 cm³/mol. The van der Waals surface area contributed by atoms with Gasteiger partial charge in [0.2, 0.25) is 5.91 Å². The van der Waals surface area contributed by atoms with Crippen LogP contribution in [0.25, 0.3) is 0 Å². The number of non-ortho nitro benzene ring substituents is 1. The standard InChI is InChI=1S/C22H27FN3O8P/c1-13(2)10-14(3)24-22(28)20(11-15-4-7-17(8-5-15)34-35(31,32)33)25-21(27)18-12-16(26(29)30)6-9-19(18)23/h4-9,12-14,20H,10-11H2,1-3H3,(H,24,28)(H,25,27)(H2,31,32,33). The average Bonchev–Trinajstić information content (AvgIpc) is 2.72. The van der Waals surface area contributed by atoms with E-state index in [2.05, 4.69) is 15.2 Å². The van der Waals surface area contributed by atoms with Gasteiger partial charge in [0.05, 0.1) is 10.5 Å². The molecular formula is C22H27FN3O8P. The highest BCUT2D eigenvalue weighted by Crippen LogP contribution is 2.37. The van der Waals surface area contributed by atoms with Gasteiger partial charge in [0.1, 0.15) is 17.6 Å². The molecular weight excluding hydrogens is 484 g/mol. The number of nitrogens with zero attached hydrogens (tertiary/aromatic N) is 1. The van der Waals surface area contributed by atoms with Gasteiger partial charge in [0.15, 0.2) is 0 Å². The first kappa shape index (κ1) is 27.9. The topological polar surface area (TPSA) is 168 Å². The zero-order chi connectivity index (χ0) is 26.3. The lowest BCUT2D eigenvalue weighted by Crippen LogP contribution is -2.50. The van der Waals surface area contributed by atoms with Crippen molar-refractivity contribution in [3.05, 3.63) is 69.5 Å². The molecule has 2 unspecified atom stereocenters. The van der Waals surface area contributed by atoms with Gasteiger partial charge in [-0.15, -0.1) is 0 Å². The first-order chi connectivity index (χ1) is 16.2. The molecule has 13 heteroatoms. The number of nitro benzene ring substituents is 1. The van der Waals surface area contributed by atoms with Gasteiger partial charge in [0, 0.05) is 24.6 Å². The maximum absolute atomic E-state index is 14.2. The highest BCUT2D eigenvalue weighted by Gasteiger charge is 2.26. The fourth-order valence-corrected chi connectivity index (χ4v) is 3.81. The van der Waals surface area contributed by atoms with Crippen LogP contribution in [0.5, 0.6) is 5.75 Å². The van der Waals surface area contributed by atoms with Crippen molar-refractivity contribution in [2.24, 2.45) is 5.92 Å². The van der Waals surface area contributed by atoms with Gasteiger partial charge in [-0.05, 0) is 43.0 Å². The Labute approximate surface area is 201 Å². The number of hydrogen-bond acceptors (Lipinski definition) is 6. The van der Waals surface area contributed by atoms with E-state index in [1.807, 2.05) is 13.8 Å². The molecule has 190 valence electrons. The number of carbonyl (C=O) groups excluding carboxylic acids is 2. The third-order valence-electron chi connectivity index (χ3n) is 4.83.